The number of nitrogens with zero attached hydrogens (tertiary/aromatic N) is 2. The van der Waals surface area contributed by atoms with E-state index in [4.69, 9.17) is 5.11 Å². The van der Waals surface area contributed by atoms with Gasteiger partial charge in [-0.15, -0.1) is 0 Å². The standard InChI is InChI=1S/C8H5F3N2O4/c9-8(10,11)4-1-2-12-5(3-6(14)15)7(4)13(16)17/h1-2H,3H2,(H,14,15). The van der Waals surface area contributed by atoms with Crippen LogP contribution in [0.15, 0.2) is 12.3 Å². The summed E-state index contributed by atoms with van der Waals surface area (Å²) >= 11 is 0. The molecule has 0 saturated carbocycles. The Morgan fingerprint density at radius 1 is 1.53 bits per heavy atom. The zero-order valence-corrected chi connectivity index (χ0v) is 8.06. The Labute approximate surface area is 91.9 Å². The molecule has 0 spiro atoms. The summed E-state index contributed by atoms with van der Waals surface area (Å²) in [6, 6.07) is 0.434. The number of halogens is 3. The van der Waals surface area contributed by atoms with E-state index in [1.165, 1.54) is 0 Å². The molecule has 0 amide bonds. The van der Waals surface area contributed by atoms with Crippen LogP contribution in [0.25, 0.3) is 0 Å². The van der Waals surface area contributed by atoms with Crippen molar-refractivity contribution in [3.8, 4) is 0 Å². The highest BCUT2D eigenvalue weighted by molar-refractivity contribution is 5.71. The van der Waals surface area contributed by atoms with Gasteiger partial charge in [-0.2, -0.15) is 13.2 Å². The maximum Gasteiger partial charge on any atom is 0.423 e. The van der Waals surface area contributed by atoms with Gasteiger partial charge >= 0.3 is 17.8 Å². The molecule has 17 heavy (non-hydrogen) atoms. The molecule has 0 aromatic carbocycles. The Bertz CT molecular complexity index is 472. The molecule has 1 heterocycles. The maximum absolute atomic E-state index is 12.4. The van der Waals surface area contributed by atoms with Gasteiger partial charge in [0.25, 0.3) is 0 Å². The van der Waals surface area contributed by atoms with Gasteiger partial charge in [0.1, 0.15) is 11.3 Å². The Kier molecular flexibility index (Phi) is 3.30. The summed E-state index contributed by atoms with van der Waals surface area (Å²) in [6.07, 6.45) is -5.19. The maximum atomic E-state index is 12.4. The number of carboxylic acids is 1. The molecule has 1 aromatic rings. The molecule has 0 radical (unpaired) electrons. The van der Waals surface area contributed by atoms with Gasteiger partial charge in [0.05, 0.1) is 11.3 Å². The summed E-state index contributed by atoms with van der Waals surface area (Å²) in [5.74, 6) is -1.50. The van der Waals surface area contributed by atoms with Crippen LogP contribution in [0.3, 0.4) is 0 Å². The lowest BCUT2D eigenvalue weighted by atomic mass is 10.1. The van der Waals surface area contributed by atoms with Crippen LogP contribution in [0.5, 0.6) is 0 Å². The first kappa shape index (κ1) is 12.9. The number of aromatic nitrogens is 1. The average molecular weight is 250 g/mol. The van der Waals surface area contributed by atoms with E-state index in [1.54, 1.807) is 0 Å². The number of carboxylic acid groups (broad SMARTS) is 1. The fourth-order valence-corrected chi connectivity index (χ4v) is 1.20. The van der Waals surface area contributed by atoms with Gasteiger partial charge in [-0.05, 0) is 6.07 Å². The second-order valence-electron chi connectivity index (χ2n) is 2.98. The lowest BCUT2D eigenvalue weighted by molar-refractivity contribution is -0.389. The van der Waals surface area contributed by atoms with Gasteiger partial charge < -0.3 is 5.11 Å². The lowest BCUT2D eigenvalue weighted by Crippen LogP contribution is -2.13. The molecule has 1 aromatic heterocycles. The summed E-state index contributed by atoms with van der Waals surface area (Å²) < 4.78 is 37.3. The van der Waals surface area contributed by atoms with E-state index < -0.39 is 40.4 Å². The Morgan fingerprint density at radius 2 is 2.12 bits per heavy atom. The van der Waals surface area contributed by atoms with E-state index in [0.29, 0.717) is 12.3 Å². The van der Waals surface area contributed by atoms with Crippen LogP contribution in [0.2, 0.25) is 0 Å². The van der Waals surface area contributed by atoms with E-state index in [2.05, 4.69) is 4.98 Å². The van der Waals surface area contributed by atoms with Gasteiger partial charge in [-0.3, -0.25) is 19.9 Å². The highest BCUT2D eigenvalue weighted by Crippen LogP contribution is 2.37. The molecule has 9 heteroatoms. The first-order valence-electron chi connectivity index (χ1n) is 4.14. The van der Waals surface area contributed by atoms with Crippen molar-refractivity contribution in [3.05, 3.63) is 33.6 Å². The van der Waals surface area contributed by atoms with Crippen LogP contribution in [0.1, 0.15) is 11.3 Å². The number of aliphatic carboxylic acids is 1. The summed E-state index contributed by atoms with van der Waals surface area (Å²) in [5, 5.41) is 19.0. The van der Waals surface area contributed by atoms with Crippen molar-refractivity contribution in [2.45, 2.75) is 12.6 Å². The second-order valence-corrected chi connectivity index (χ2v) is 2.98. The molecule has 6 nitrogen and oxygen atoms in total. The van der Waals surface area contributed by atoms with Gasteiger partial charge in [0.2, 0.25) is 0 Å². The summed E-state index contributed by atoms with van der Waals surface area (Å²) in [4.78, 5) is 22.9. The molecule has 0 aliphatic carbocycles. The molecular weight excluding hydrogens is 245 g/mol. The molecule has 1 rings (SSSR count). The van der Waals surface area contributed by atoms with Crippen molar-refractivity contribution in [1.29, 1.82) is 0 Å². The van der Waals surface area contributed by atoms with E-state index in [-0.39, 0.29) is 0 Å². The minimum atomic E-state index is -4.93. The molecule has 0 bridgehead atoms. The largest absolute Gasteiger partial charge is 0.481 e. The molecule has 0 unspecified atom stereocenters. The van der Waals surface area contributed by atoms with Gasteiger partial charge in [-0.25, -0.2) is 0 Å². The van der Waals surface area contributed by atoms with Crippen LogP contribution < -0.4 is 0 Å². The van der Waals surface area contributed by atoms with Gasteiger partial charge in [0.15, 0.2) is 0 Å². The number of hydrogen-bond donors (Lipinski definition) is 1. The SMILES string of the molecule is O=C(O)Cc1nccc(C(F)(F)F)c1[N+](=O)[O-]. The number of nitro groups is 1. The molecule has 92 valence electrons. The molecule has 0 atom stereocenters. The molecule has 0 aliphatic heterocycles. The normalized spacial score (nSPS) is 11.2. The second kappa shape index (κ2) is 4.36. The minimum absolute atomic E-state index is 0.434. The molecule has 0 saturated heterocycles. The predicted molar refractivity (Wildman–Crippen MR) is 47.2 cm³/mol. The topological polar surface area (TPSA) is 93.3 Å². The third-order valence-corrected chi connectivity index (χ3v) is 1.81. The van der Waals surface area contributed by atoms with E-state index in [9.17, 15) is 28.1 Å². The van der Waals surface area contributed by atoms with Crippen LogP contribution in [-0.2, 0) is 17.4 Å². The number of pyridine rings is 1. The third-order valence-electron chi connectivity index (χ3n) is 1.81. The Morgan fingerprint density at radius 3 is 2.53 bits per heavy atom. The van der Waals surface area contributed by atoms with Crippen molar-refractivity contribution < 1.29 is 28.0 Å². The quantitative estimate of drug-likeness (QED) is 0.650. The molecule has 1 N–H and O–H groups in total. The first-order chi connectivity index (χ1) is 7.73. The highest BCUT2D eigenvalue weighted by atomic mass is 19.4. The van der Waals surface area contributed by atoms with Crippen LogP contribution in [0, 0.1) is 10.1 Å². The fraction of sp³-hybridized carbons (Fsp3) is 0.250. The third kappa shape index (κ3) is 2.89. The molecule has 0 fully saturated rings. The van der Waals surface area contributed by atoms with Gasteiger partial charge in [-0.1, -0.05) is 0 Å². The van der Waals surface area contributed by atoms with Crippen molar-refractivity contribution in [1.82, 2.24) is 4.98 Å². The summed E-state index contributed by atoms with van der Waals surface area (Å²) in [7, 11) is 0. The number of hydrogen-bond acceptors (Lipinski definition) is 4. The zero-order valence-electron chi connectivity index (χ0n) is 8.06. The first-order valence-corrected chi connectivity index (χ1v) is 4.14. The Hall–Kier alpha value is -2.19. The smallest absolute Gasteiger partial charge is 0.423 e. The Balaban J connectivity index is 3.43. The summed E-state index contributed by atoms with van der Waals surface area (Å²) in [6.45, 7) is 0. The summed E-state index contributed by atoms with van der Waals surface area (Å²) in [5.41, 5.74) is -3.55. The van der Waals surface area contributed by atoms with Crippen LogP contribution >= 0.6 is 0 Å². The average Bonchev–Trinajstić information content (AvgIpc) is 2.14. The van der Waals surface area contributed by atoms with Crippen molar-refractivity contribution in [3.63, 3.8) is 0 Å². The predicted octanol–water partition coefficient (Wildman–Crippen LogP) is 1.64. The lowest BCUT2D eigenvalue weighted by Gasteiger charge is -2.08. The van der Waals surface area contributed by atoms with Gasteiger partial charge in [0, 0.05) is 6.20 Å². The van der Waals surface area contributed by atoms with Crippen molar-refractivity contribution in [2.24, 2.45) is 0 Å². The monoisotopic (exact) mass is 250 g/mol. The fourth-order valence-electron chi connectivity index (χ4n) is 1.20. The van der Waals surface area contributed by atoms with Crippen molar-refractivity contribution in [2.75, 3.05) is 0 Å². The number of alkyl halides is 3. The minimum Gasteiger partial charge on any atom is -0.481 e. The zero-order chi connectivity index (χ0) is 13.2. The number of carbonyl (C=O) groups is 1. The van der Waals surface area contributed by atoms with Crippen LogP contribution in [-0.4, -0.2) is 21.0 Å². The van der Waals surface area contributed by atoms with E-state index in [0.717, 1.165) is 0 Å². The van der Waals surface area contributed by atoms with Crippen molar-refractivity contribution >= 4 is 11.7 Å². The molecule has 0 aliphatic rings. The highest BCUT2D eigenvalue weighted by Gasteiger charge is 2.40. The van der Waals surface area contributed by atoms with E-state index >= 15 is 0 Å². The van der Waals surface area contributed by atoms with E-state index in [1.807, 2.05) is 0 Å². The van der Waals surface area contributed by atoms with Crippen LogP contribution in [0.4, 0.5) is 18.9 Å². The molecular formula is C8H5F3N2O4. The number of rotatable bonds is 3.